The highest BCUT2D eigenvalue weighted by atomic mass is 35.5. The summed E-state index contributed by atoms with van der Waals surface area (Å²) in [5.41, 5.74) is 0.868. The van der Waals surface area contributed by atoms with Gasteiger partial charge in [-0.3, -0.25) is 4.79 Å². The van der Waals surface area contributed by atoms with Crippen LogP contribution in [-0.2, 0) is 4.79 Å². The van der Waals surface area contributed by atoms with Gasteiger partial charge >= 0.3 is 0 Å². The topological polar surface area (TPSA) is 51.2 Å². The van der Waals surface area contributed by atoms with Crippen molar-refractivity contribution in [3.63, 3.8) is 0 Å². The average Bonchev–Trinajstić information content (AvgIpc) is 2.85. The third-order valence-electron chi connectivity index (χ3n) is 2.64. The Kier molecular flexibility index (Phi) is 4.98. The van der Waals surface area contributed by atoms with Gasteiger partial charge in [0.05, 0.1) is 16.7 Å². The molecule has 0 spiro atoms. The zero-order valence-electron chi connectivity index (χ0n) is 11.2. The van der Waals surface area contributed by atoms with Gasteiger partial charge in [0.2, 0.25) is 0 Å². The van der Waals surface area contributed by atoms with Crippen LogP contribution in [0.2, 0.25) is 5.02 Å². The number of nitrogens with zero attached hydrogens (tertiary/aromatic N) is 1. The van der Waals surface area contributed by atoms with Crippen LogP contribution in [0, 0.1) is 6.92 Å². The van der Waals surface area contributed by atoms with Crippen LogP contribution in [0.15, 0.2) is 29.6 Å². The van der Waals surface area contributed by atoms with Crippen molar-refractivity contribution in [2.45, 2.75) is 19.9 Å². The molecule has 0 saturated carbocycles. The third kappa shape index (κ3) is 4.21. The van der Waals surface area contributed by atoms with Crippen molar-refractivity contribution < 1.29 is 9.53 Å². The lowest BCUT2D eigenvalue weighted by molar-refractivity contribution is -0.123. The first-order valence-electron chi connectivity index (χ1n) is 6.14. The second-order valence-electron chi connectivity index (χ2n) is 4.32. The molecular weight excluding hydrogens is 296 g/mol. The molecule has 106 valence electrons. The predicted molar refractivity (Wildman–Crippen MR) is 80.4 cm³/mol. The summed E-state index contributed by atoms with van der Waals surface area (Å²) in [4.78, 5) is 16.1. The Balaban J connectivity index is 1.82. The maximum atomic E-state index is 11.8. The molecular formula is C14H15ClN2O2S. The monoisotopic (exact) mass is 310 g/mol. The van der Waals surface area contributed by atoms with Gasteiger partial charge in [-0.15, -0.1) is 11.3 Å². The summed E-state index contributed by atoms with van der Waals surface area (Å²) in [6.07, 6.45) is 0. The van der Waals surface area contributed by atoms with E-state index >= 15 is 0 Å². The lowest BCUT2D eigenvalue weighted by Crippen LogP contribution is -2.31. The molecule has 1 heterocycles. The number of carbonyl (C=O) groups is 1. The second-order valence-corrected chi connectivity index (χ2v) is 5.82. The number of nitrogens with one attached hydrogen (secondary N) is 1. The second kappa shape index (κ2) is 6.72. The summed E-state index contributed by atoms with van der Waals surface area (Å²) in [5.74, 6) is 0.430. The Morgan fingerprint density at radius 1 is 1.45 bits per heavy atom. The number of thiazole rings is 1. The normalized spacial score (nSPS) is 11.9. The minimum atomic E-state index is -0.182. The molecule has 1 atom stereocenters. The molecule has 0 aliphatic carbocycles. The number of hydrogen-bond donors (Lipinski definition) is 1. The molecule has 0 saturated heterocycles. The largest absolute Gasteiger partial charge is 0.484 e. The summed E-state index contributed by atoms with van der Waals surface area (Å²) < 4.78 is 5.38. The lowest BCUT2D eigenvalue weighted by Gasteiger charge is -2.12. The fourth-order valence-corrected chi connectivity index (χ4v) is 2.45. The molecule has 0 bridgehead atoms. The smallest absolute Gasteiger partial charge is 0.258 e. The van der Waals surface area contributed by atoms with Crippen molar-refractivity contribution in [2.24, 2.45) is 0 Å². The summed E-state index contributed by atoms with van der Waals surface area (Å²) in [6.45, 7) is 3.80. The van der Waals surface area contributed by atoms with E-state index in [2.05, 4.69) is 10.3 Å². The summed E-state index contributed by atoms with van der Waals surface area (Å²) in [5, 5.41) is 6.41. The number of halogens is 1. The molecule has 20 heavy (non-hydrogen) atoms. The Morgan fingerprint density at radius 3 is 2.75 bits per heavy atom. The maximum absolute atomic E-state index is 11.8. The zero-order valence-corrected chi connectivity index (χ0v) is 12.8. The van der Waals surface area contributed by atoms with Gasteiger partial charge in [-0.25, -0.2) is 4.98 Å². The van der Waals surface area contributed by atoms with Gasteiger partial charge in [-0.05, 0) is 38.1 Å². The van der Waals surface area contributed by atoms with Gasteiger partial charge in [0.1, 0.15) is 5.75 Å². The molecule has 1 aromatic carbocycles. The molecule has 1 amide bonds. The van der Waals surface area contributed by atoms with E-state index in [1.165, 1.54) is 0 Å². The van der Waals surface area contributed by atoms with Crippen LogP contribution in [0.5, 0.6) is 5.75 Å². The molecule has 2 rings (SSSR count). The summed E-state index contributed by atoms with van der Waals surface area (Å²) in [6, 6.07) is 6.76. The number of hydrogen-bond acceptors (Lipinski definition) is 4. The molecule has 0 aliphatic rings. The van der Waals surface area contributed by atoms with Crippen molar-refractivity contribution in [2.75, 3.05) is 6.61 Å². The van der Waals surface area contributed by atoms with Crippen molar-refractivity contribution in [3.8, 4) is 5.75 Å². The van der Waals surface area contributed by atoms with E-state index in [1.54, 1.807) is 35.6 Å². The number of aryl methyl sites for hydroxylation is 1. The Labute approximate surface area is 126 Å². The third-order valence-corrected chi connectivity index (χ3v) is 3.69. The van der Waals surface area contributed by atoms with E-state index in [9.17, 15) is 4.79 Å². The molecule has 1 aromatic heterocycles. The Hall–Kier alpha value is -1.59. The standard InChI is InChI=1S/C14H15ClN2O2S/c1-9(13-8-20-10(2)17-13)16-14(18)7-19-12-5-3-11(15)4-6-12/h3-6,8-9H,7H2,1-2H3,(H,16,18). The molecule has 4 nitrogen and oxygen atoms in total. The van der Waals surface area contributed by atoms with Crippen molar-refractivity contribution in [1.82, 2.24) is 10.3 Å². The van der Waals surface area contributed by atoms with Crippen molar-refractivity contribution >= 4 is 28.8 Å². The van der Waals surface area contributed by atoms with Crippen LogP contribution in [0.4, 0.5) is 0 Å². The Bertz CT molecular complexity index is 583. The maximum Gasteiger partial charge on any atom is 0.258 e. The highest BCUT2D eigenvalue weighted by Crippen LogP contribution is 2.17. The van der Waals surface area contributed by atoms with Crippen LogP contribution in [-0.4, -0.2) is 17.5 Å². The van der Waals surface area contributed by atoms with Crippen LogP contribution < -0.4 is 10.1 Å². The van der Waals surface area contributed by atoms with E-state index in [4.69, 9.17) is 16.3 Å². The molecule has 2 aromatic rings. The van der Waals surface area contributed by atoms with E-state index in [-0.39, 0.29) is 18.6 Å². The average molecular weight is 311 g/mol. The van der Waals surface area contributed by atoms with Crippen molar-refractivity contribution in [1.29, 1.82) is 0 Å². The van der Waals surface area contributed by atoms with Crippen molar-refractivity contribution in [3.05, 3.63) is 45.4 Å². The highest BCUT2D eigenvalue weighted by Gasteiger charge is 2.12. The molecule has 1 unspecified atom stereocenters. The van der Waals surface area contributed by atoms with Crippen LogP contribution in [0.1, 0.15) is 23.7 Å². The van der Waals surface area contributed by atoms with E-state index < -0.39 is 0 Å². The van der Waals surface area contributed by atoms with Crippen LogP contribution in [0.3, 0.4) is 0 Å². The predicted octanol–water partition coefficient (Wildman–Crippen LogP) is 3.36. The van der Waals surface area contributed by atoms with E-state index in [1.807, 2.05) is 19.2 Å². The van der Waals surface area contributed by atoms with E-state index in [0.29, 0.717) is 10.8 Å². The minimum absolute atomic E-state index is 0.0326. The fourth-order valence-electron chi connectivity index (χ4n) is 1.62. The quantitative estimate of drug-likeness (QED) is 0.921. The molecule has 1 N–H and O–H groups in total. The lowest BCUT2D eigenvalue weighted by atomic mass is 10.2. The van der Waals surface area contributed by atoms with E-state index in [0.717, 1.165) is 10.7 Å². The van der Waals surface area contributed by atoms with Crippen LogP contribution in [0.25, 0.3) is 0 Å². The SMILES string of the molecule is Cc1nc(C(C)NC(=O)COc2ccc(Cl)cc2)cs1. The van der Waals surface area contributed by atoms with Gasteiger partial charge in [-0.2, -0.15) is 0 Å². The van der Waals surface area contributed by atoms with Gasteiger partial charge in [-0.1, -0.05) is 11.6 Å². The molecule has 0 aliphatic heterocycles. The zero-order chi connectivity index (χ0) is 14.5. The first kappa shape index (κ1) is 14.8. The number of carbonyl (C=O) groups excluding carboxylic acids is 1. The summed E-state index contributed by atoms with van der Waals surface area (Å²) in [7, 11) is 0. The first-order chi connectivity index (χ1) is 9.54. The number of amides is 1. The van der Waals surface area contributed by atoms with Gasteiger partial charge < -0.3 is 10.1 Å². The fraction of sp³-hybridized carbons (Fsp3) is 0.286. The highest BCUT2D eigenvalue weighted by molar-refractivity contribution is 7.09. The molecule has 0 fully saturated rings. The first-order valence-corrected chi connectivity index (χ1v) is 7.40. The van der Waals surface area contributed by atoms with Crippen LogP contribution >= 0.6 is 22.9 Å². The number of aromatic nitrogens is 1. The summed E-state index contributed by atoms with van der Waals surface area (Å²) >= 11 is 7.34. The number of benzene rings is 1. The molecule has 0 radical (unpaired) electrons. The molecule has 6 heteroatoms. The Morgan fingerprint density at radius 2 is 2.15 bits per heavy atom. The number of ether oxygens (including phenoxy) is 1. The van der Waals surface area contributed by atoms with Gasteiger partial charge in [0.15, 0.2) is 6.61 Å². The van der Waals surface area contributed by atoms with Gasteiger partial charge in [0, 0.05) is 10.4 Å². The number of rotatable bonds is 5. The minimum Gasteiger partial charge on any atom is -0.484 e. The van der Waals surface area contributed by atoms with Gasteiger partial charge in [0.25, 0.3) is 5.91 Å².